The number of aromatic nitrogens is 2. The Labute approximate surface area is 237 Å². The summed E-state index contributed by atoms with van der Waals surface area (Å²) in [5.41, 5.74) is 2.81. The number of anilines is 2. The minimum atomic E-state index is -0.216. The smallest absolute Gasteiger partial charge is 0.230 e. The number of piperazine rings is 1. The van der Waals surface area contributed by atoms with E-state index in [1.165, 1.54) is 17.8 Å². The second-order valence-corrected chi connectivity index (χ2v) is 10.6. The van der Waals surface area contributed by atoms with E-state index in [1.807, 2.05) is 59.5 Å². The minimum absolute atomic E-state index is 0.103. The van der Waals surface area contributed by atoms with Gasteiger partial charge in [0.05, 0.1) is 17.5 Å². The Bertz CT molecular complexity index is 1390. The van der Waals surface area contributed by atoms with Gasteiger partial charge in [-0.2, -0.15) is 0 Å². The lowest BCUT2D eigenvalue weighted by atomic mass is 9.99. The van der Waals surface area contributed by atoms with Crippen molar-refractivity contribution in [1.82, 2.24) is 15.3 Å². The van der Waals surface area contributed by atoms with E-state index in [0.717, 1.165) is 11.1 Å². The summed E-state index contributed by atoms with van der Waals surface area (Å²) in [5, 5.41) is 3.95. The van der Waals surface area contributed by atoms with Gasteiger partial charge in [-0.15, -0.1) is 0 Å². The molecule has 0 saturated carbocycles. The molecular formula is C30H29ClFN5OS. The van der Waals surface area contributed by atoms with Crippen LogP contribution in [0.4, 0.5) is 15.9 Å². The van der Waals surface area contributed by atoms with Gasteiger partial charge in [0.2, 0.25) is 5.91 Å². The normalized spacial score (nSPS) is 14.2. The third-order valence-electron chi connectivity index (χ3n) is 6.61. The van der Waals surface area contributed by atoms with Crippen LogP contribution in [-0.4, -0.2) is 47.8 Å². The van der Waals surface area contributed by atoms with Gasteiger partial charge in [-0.1, -0.05) is 96.2 Å². The van der Waals surface area contributed by atoms with E-state index in [0.29, 0.717) is 54.4 Å². The third-order valence-corrected chi connectivity index (χ3v) is 7.65. The number of nitrogens with zero attached hydrogens (tertiary/aromatic N) is 4. The minimum Gasteiger partial charge on any atom is -0.366 e. The lowest BCUT2D eigenvalue weighted by Crippen LogP contribution is -2.47. The average Bonchev–Trinajstić information content (AvgIpc) is 2.97. The van der Waals surface area contributed by atoms with Crippen LogP contribution in [0.15, 0.2) is 96.2 Å². The number of carbonyl (C=O) groups is 1. The molecule has 1 aliphatic heterocycles. The van der Waals surface area contributed by atoms with Gasteiger partial charge in [-0.3, -0.25) is 4.79 Å². The van der Waals surface area contributed by atoms with E-state index < -0.39 is 0 Å². The predicted octanol–water partition coefficient (Wildman–Crippen LogP) is 5.79. The molecule has 2 heterocycles. The Morgan fingerprint density at radius 1 is 0.897 bits per heavy atom. The van der Waals surface area contributed by atoms with Crippen LogP contribution in [0.2, 0.25) is 5.15 Å². The lowest BCUT2D eigenvalue weighted by Gasteiger charge is -2.36. The Morgan fingerprint density at radius 2 is 1.54 bits per heavy atom. The Balaban J connectivity index is 1.20. The first kappa shape index (κ1) is 27.0. The SMILES string of the molecule is O=C(CSc1nc(Cl)cc(N2CCN(c3ccccc3F)CC2)n1)NC(Cc1ccccc1)c1ccccc1. The van der Waals surface area contributed by atoms with E-state index in [-0.39, 0.29) is 23.5 Å². The molecule has 1 unspecified atom stereocenters. The number of benzene rings is 3. The maximum absolute atomic E-state index is 14.2. The molecule has 1 fully saturated rings. The second-order valence-electron chi connectivity index (χ2n) is 9.27. The molecule has 1 aromatic heterocycles. The molecule has 0 spiro atoms. The molecule has 0 radical (unpaired) electrons. The molecule has 1 atom stereocenters. The Kier molecular flexibility index (Phi) is 8.96. The van der Waals surface area contributed by atoms with Crippen LogP contribution < -0.4 is 15.1 Å². The Morgan fingerprint density at radius 3 is 2.26 bits per heavy atom. The van der Waals surface area contributed by atoms with Gasteiger partial charge in [0.25, 0.3) is 0 Å². The summed E-state index contributed by atoms with van der Waals surface area (Å²) in [4.78, 5) is 26.1. The summed E-state index contributed by atoms with van der Waals surface area (Å²) in [6.07, 6.45) is 0.692. The van der Waals surface area contributed by atoms with Gasteiger partial charge in [0.1, 0.15) is 16.8 Å². The van der Waals surface area contributed by atoms with Gasteiger partial charge < -0.3 is 15.1 Å². The summed E-state index contributed by atoms with van der Waals surface area (Å²) in [5.74, 6) is 0.552. The van der Waals surface area contributed by atoms with Crippen molar-refractivity contribution in [2.75, 3.05) is 41.7 Å². The van der Waals surface area contributed by atoms with Gasteiger partial charge in [-0.05, 0) is 29.7 Å². The number of rotatable bonds is 9. The first-order valence-electron chi connectivity index (χ1n) is 12.9. The number of hydrogen-bond acceptors (Lipinski definition) is 6. The standard InChI is InChI=1S/C30H29ClFN5OS/c31-27-20-28(37-17-15-36(16-18-37)26-14-8-7-13-24(26)32)35-30(34-27)39-21-29(38)33-25(23-11-5-2-6-12-23)19-22-9-3-1-4-10-22/h1-14,20,25H,15-19,21H2,(H,33,38). The van der Waals surface area contributed by atoms with Crippen LogP contribution in [0.3, 0.4) is 0 Å². The number of amides is 1. The molecule has 3 aromatic carbocycles. The number of para-hydroxylation sites is 1. The first-order valence-corrected chi connectivity index (χ1v) is 14.2. The highest BCUT2D eigenvalue weighted by atomic mass is 35.5. The fraction of sp³-hybridized carbons (Fsp3) is 0.233. The van der Waals surface area contributed by atoms with Crippen LogP contribution in [0, 0.1) is 5.82 Å². The van der Waals surface area contributed by atoms with Crippen LogP contribution >= 0.6 is 23.4 Å². The monoisotopic (exact) mass is 561 g/mol. The van der Waals surface area contributed by atoms with Crippen molar-refractivity contribution in [1.29, 1.82) is 0 Å². The first-order chi connectivity index (χ1) is 19.0. The summed E-state index contributed by atoms with van der Waals surface area (Å²) < 4.78 is 14.2. The van der Waals surface area contributed by atoms with E-state index in [9.17, 15) is 9.18 Å². The van der Waals surface area contributed by atoms with Gasteiger partial charge in [-0.25, -0.2) is 14.4 Å². The van der Waals surface area contributed by atoms with E-state index in [4.69, 9.17) is 11.6 Å². The number of halogens is 2. The molecule has 1 amide bonds. The maximum atomic E-state index is 14.2. The van der Waals surface area contributed by atoms with Crippen molar-refractivity contribution in [3.05, 3.63) is 113 Å². The highest BCUT2D eigenvalue weighted by Crippen LogP contribution is 2.26. The fourth-order valence-electron chi connectivity index (χ4n) is 4.65. The molecule has 4 aromatic rings. The third kappa shape index (κ3) is 7.28. The zero-order valence-electron chi connectivity index (χ0n) is 21.3. The van der Waals surface area contributed by atoms with Crippen LogP contribution in [-0.2, 0) is 11.2 Å². The molecule has 1 N–H and O–H groups in total. The molecule has 1 saturated heterocycles. The zero-order valence-corrected chi connectivity index (χ0v) is 22.9. The highest BCUT2D eigenvalue weighted by Gasteiger charge is 2.22. The topological polar surface area (TPSA) is 61.4 Å². The molecule has 5 rings (SSSR count). The zero-order chi connectivity index (χ0) is 27.0. The summed E-state index contributed by atoms with van der Waals surface area (Å²) in [6, 6.07) is 28.5. The molecule has 0 aliphatic carbocycles. The molecule has 39 heavy (non-hydrogen) atoms. The molecule has 0 bridgehead atoms. The second kappa shape index (κ2) is 13.0. The van der Waals surface area contributed by atoms with Crippen LogP contribution in [0.1, 0.15) is 17.2 Å². The predicted molar refractivity (Wildman–Crippen MR) is 156 cm³/mol. The number of hydrogen-bond donors (Lipinski definition) is 1. The van der Waals surface area contributed by atoms with Crippen LogP contribution in [0.5, 0.6) is 0 Å². The molecule has 200 valence electrons. The largest absolute Gasteiger partial charge is 0.366 e. The van der Waals surface area contributed by atoms with E-state index in [1.54, 1.807) is 18.2 Å². The van der Waals surface area contributed by atoms with Crippen molar-refractivity contribution >= 4 is 40.8 Å². The molecule has 9 heteroatoms. The van der Waals surface area contributed by atoms with Crippen molar-refractivity contribution in [2.45, 2.75) is 17.6 Å². The fourth-order valence-corrected chi connectivity index (χ4v) is 5.54. The summed E-state index contributed by atoms with van der Waals surface area (Å²) in [7, 11) is 0. The lowest BCUT2D eigenvalue weighted by molar-refractivity contribution is -0.119. The van der Waals surface area contributed by atoms with Gasteiger partial charge in [0.15, 0.2) is 5.16 Å². The van der Waals surface area contributed by atoms with Gasteiger partial charge in [0, 0.05) is 32.2 Å². The van der Waals surface area contributed by atoms with Crippen molar-refractivity contribution in [2.24, 2.45) is 0 Å². The summed E-state index contributed by atoms with van der Waals surface area (Å²) in [6.45, 7) is 2.67. The van der Waals surface area contributed by atoms with Crippen LogP contribution in [0.25, 0.3) is 0 Å². The maximum Gasteiger partial charge on any atom is 0.230 e. The summed E-state index contributed by atoms with van der Waals surface area (Å²) >= 11 is 7.59. The van der Waals surface area contributed by atoms with Crippen molar-refractivity contribution in [3.63, 3.8) is 0 Å². The Hall–Kier alpha value is -3.62. The quantitative estimate of drug-likeness (QED) is 0.159. The van der Waals surface area contributed by atoms with E-state index in [2.05, 4.69) is 32.3 Å². The van der Waals surface area contributed by atoms with Gasteiger partial charge >= 0.3 is 0 Å². The molecule has 1 aliphatic rings. The van der Waals surface area contributed by atoms with E-state index >= 15 is 0 Å². The number of carbonyl (C=O) groups excluding carboxylic acids is 1. The number of thioether (sulfide) groups is 1. The van der Waals surface area contributed by atoms with Crippen molar-refractivity contribution < 1.29 is 9.18 Å². The average molecular weight is 562 g/mol. The number of nitrogens with one attached hydrogen (secondary N) is 1. The van der Waals surface area contributed by atoms with Crippen molar-refractivity contribution in [3.8, 4) is 0 Å². The highest BCUT2D eigenvalue weighted by molar-refractivity contribution is 7.99. The molecular weight excluding hydrogens is 533 g/mol. The molecule has 6 nitrogen and oxygen atoms in total.